The summed E-state index contributed by atoms with van der Waals surface area (Å²) in [5.74, 6) is 0. The summed E-state index contributed by atoms with van der Waals surface area (Å²) in [6.45, 7) is 25.6. The van der Waals surface area contributed by atoms with Crippen LogP contribution < -0.4 is 0 Å². The molecule has 0 aliphatic heterocycles. The van der Waals surface area contributed by atoms with Gasteiger partial charge in [-0.1, -0.05) is 130 Å². The van der Waals surface area contributed by atoms with Crippen LogP contribution in [0.5, 0.6) is 0 Å². The molecule has 0 atom stereocenters. The van der Waals surface area contributed by atoms with E-state index in [9.17, 15) is 0 Å². The summed E-state index contributed by atoms with van der Waals surface area (Å²) in [5, 5.41) is 0. The highest BCUT2D eigenvalue weighted by molar-refractivity contribution is 5.74. The Labute approximate surface area is 216 Å². The van der Waals surface area contributed by atoms with Gasteiger partial charge in [-0.05, 0) is 86.4 Å². The number of aryl methyl sites for hydroxylation is 1. The van der Waals surface area contributed by atoms with Gasteiger partial charge in [-0.3, -0.25) is 0 Å². The molecule has 0 unspecified atom stereocenters. The summed E-state index contributed by atoms with van der Waals surface area (Å²) in [6, 6.07) is 25.5. The van der Waals surface area contributed by atoms with Crippen molar-refractivity contribution in [2.75, 3.05) is 0 Å². The Balaban J connectivity index is 1.88. The zero-order valence-corrected chi connectivity index (χ0v) is 24.3. The lowest BCUT2D eigenvalue weighted by Crippen LogP contribution is -2.24. The first-order chi connectivity index (χ1) is 16.0. The minimum Gasteiger partial charge on any atom is -0.0601 e. The summed E-state index contributed by atoms with van der Waals surface area (Å²) in [6.07, 6.45) is 2.33. The van der Waals surface area contributed by atoms with Gasteiger partial charge < -0.3 is 0 Å². The van der Waals surface area contributed by atoms with Crippen LogP contribution in [0.3, 0.4) is 0 Å². The molecule has 0 fully saturated rings. The third-order valence-corrected chi connectivity index (χ3v) is 7.02. The monoisotopic (exact) mass is 468 g/mol. The Hall–Kier alpha value is -2.34. The van der Waals surface area contributed by atoms with Crippen LogP contribution >= 0.6 is 0 Å². The van der Waals surface area contributed by atoms with E-state index in [1.807, 2.05) is 0 Å². The first kappa shape index (κ1) is 27.3. The van der Waals surface area contributed by atoms with Gasteiger partial charge >= 0.3 is 0 Å². The molecule has 0 saturated carbocycles. The first-order valence-electron chi connectivity index (χ1n) is 13.3. The first-order valence-corrected chi connectivity index (χ1v) is 13.3. The van der Waals surface area contributed by atoms with E-state index in [1.54, 1.807) is 0 Å². The van der Waals surface area contributed by atoms with Crippen LogP contribution in [0.4, 0.5) is 0 Å². The molecule has 0 aliphatic rings. The van der Waals surface area contributed by atoms with E-state index in [4.69, 9.17) is 0 Å². The van der Waals surface area contributed by atoms with Crippen molar-refractivity contribution in [2.45, 2.75) is 99.8 Å². The van der Waals surface area contributed by atoms with E-state index in [-0.39, 0.29) is 10.8 Å². The highest BCUT2D eigenvalue weighted by atomic mass is 14.3. The maximum Gasteiger partial charge on any atom is -0.00986 e. The molecule has 0 amide bonds. The maximum atomic E-state index is 2.37. The molecule has 0 N–H and O–H groups in total. The minimum absolute atomic E-state index is 0.164. The van der Waals surface area contributed by atoms with E-state index in [1.165, 1.54) is 38.9 Å². The van der Waals surface area contributed by atoms with Gasteiger partial charge in [-0.15, -0.1) is 0 Å². The molecule has 0 bridgehead atoms. The lowest BCUT2D eigenvalue weighted by molar-refractivity contribution is 0.283. The van der Waals surface area contributed by atoms with Crippen LogP contribution in [0.25, 0.3) is 22.3 Å². The Morgan fingerprint density at radius 1 is 0.429 bits per heavy atom. The highest BCUT2D eigenvalue weighted by Gasteiger charge is 2.28. The summed E-state index contributed by atoms with van der Waals surface area (Å²) < 4.78 is 0. The van der Waals surface area contributed by atoms with E-state index < -0.39 is 0 Å². The zero-order chi connectivity index (χ0) is 26.2. The van der Waals surface area contributed by atoms with Gasteiger partial charge in [0.2, 0.25) is 0 Å². The Morgan fingerprint density at radius 2 is 0.743 bits per heavy atom. The largest absolute Gasteiger partial charge is 0.0601 e. The van der Waals surface area contributed by atoms with E-state index in [0.29, 0.717) is 10.8 Å². The average molecular weight is 469 g/mol. The summed E-state index contributed by atoms with van der Waals surface area (Å²) >= 11 is 0. The second-order valence-corrected chi connectivity index (χ2v) is 14.5. The average Bonchev–Trinajstić information content (AvgIpc) is 2.70. The van der Waals surface area contributed by atoms with Crippen molar-refractivity contribution in [2.24, 2.45) is 10.8 Å². The predicted octanol–water partition coefficient (Wildman–Crippen LogP) is 10.8. The normalized spacial score (nSPS) is 13.2. The van der Waals surface area contributed by atoms with Gasteiger partial charge in [-0.2, -0.15) is 0 Å². The second-order valence-electron chi connectivity index (χ2n) is 14.5. The molecule has 3 rings (SSSR count). The van der Waals surface area contributed by atoms with Crippen LogP contribution in [-0.2, 0) is 10.8 Å². The molecule has 3 aromatic carbocycles. The van der Waals surface area contributed by atoms with Crippen LogP contribution in [0.15, 0.2) is 66.7 Å². The molecule has 0 nitrogen and oxygen atoms in total. The maximum absolute atomic E-state index is 2.37. The van der Waals surface area contributed by atoms with E-state index >= 15 is 0 Å². The molecule has 0 spiro atoms. The van der Waals surface area contributed by atoms with Crippen LogP contribution in [0.2, 0.25) is 0 Å². The fourth-order valence-electron chi connectivity index (χ4n) is 6.20. The molecule has 0 heteroatoms. The molecule has 0 radical (unpaired) electrons. The van der Waals surface area contributed by atoms with Crippen molar-refractivity contribution in [3.05, 3.63) is 83.4 Å². The molecular weight excluding hydrogens is 420 g/mol. The van der Waals surface area contributed by atoms with Crippen molar-refractivity contribution in [3.8, 4) is 22.3 Å². The van der Waals surface area contributed by atoms with Gasteiger partial charge in [0.15, 0.2) is 0 Å². The molecule has 35 heavy (non-hydrogen) atoms. The van der Waals surface area contributed by atoms with Crippen molar-refractivity contribution in [1.29, 1.82) is 0 Å². The predicted molar refractivity (Wildman–Crippen MR) is 156 cm³/mol. The molecule has 0 aliphatic carbocycles. The number of hydrogen-bond donors (Lipinski definition) is 0. The number of rotatable bonds is 6. The third kappa shape index (κ3) is 7.33. The molecule has 0 saturated heterocycles. The second kappa shape index (κ2) is 9.61. The van der Waals surface area contributed by atoms with Crippen LogP contribution in [0.1, 0.15) is 98.8 Å². The Bertz CT molecular complexity index is 1030. The summed E-state index contributed by atoms with van der Waals surface area (Å²) in [4.78, 5) is 0. The molecule has 188 valence electrons. The zero-order valence-electron chi connectivity index (χ0n) is 24.3. The summed E-state index contributed by atoms with van der Waals surface area (Å²) in [5.41, 5.74) is 10.2. The SMILES string of the molecule is Cc1cc(-c2ccc(C(C)(C)CC(C)(C)C)cc2)cc(-c2ccc(C(C)(C)CC(C)(C)C)cc2)c1. The van der Waals surface area contributed by atoms with Crippen LogP contribution in [0, 0.1) is 17.8 Å². The number of benzene rings is 3. The number of hydrogen-bond acceptors (Lipinski definition) is 0. The van der Waals surface area contributed by atoms with Crippen molar-refractivity contribution in [3.63, 3.8) is 0 Å². The molecule has 0 aromatic heterocycles. The van der Waals surface area contributed by atoms with Gasteiger partial charge in [-0.25, -0.2) is 0 Å². The quantitative estimate of drug-likeness (QED) is 0.337. The van der Waals surface area contributed by atoms with Gasteiger partial charge in [0, 0.05) is 0 Å². The van der Waals surface area contributed by atoms with Crippen molar-refractivity contribution < 1.29 is 0 Å². The topological polar surface area (TPSA) is 0 Å². The Morgan fingerprint density at radius 3 is 1.03 bits per heavy atom. The van der Waals surface area contributed by atoms with Gasteiger partial charge in [0.1, 0.15) is 0 Å². The van der Waals surface area contributed by atoms with Crippen molar-refractivity contribution >= 4 is 0 Å². The molecule has 0 heterocycles. The highest BCUT2D eigenvalue weighted by Crippen LogP contribution is 2.39. The van der Waals surface area contributed by atoms with Crippen molar-refractivity contribution in [1.82, 2.24) is 0 Å². The fourth-order valence-corrected chi connectivity index (χ4v) is 6.20. The summed E-state index contributed by atoms with van der Waals surface area (Å²) in [7, 11) is 0. The molecule has 3 aromatic rings. The van der Waals surface area contributed by atoms with E-state index in [2.05, 4.69) is 143 Å². The lowest BCUT2D eigenvalue weighted by Gasteiger charge is -2.33. The van der Waals surface area contributed by atoms with Gasteiger partial charge in [0.25, 0.3) is 0 Å². The fraction of sp³-hybridized carbons (Fsp3) is 0.486. The van der Waals surface area contributed by atoms with E-state index in [0.717, 1.165) is 12.8 Å². The van der Waals surface area contributed by atoms with Crippen LogP contribution in [-0.4, -0.2) is 0 Å². The Kier molecular flexibility index (Phi) is 7.48. The minimum atomic E-state index is 0.164. The smallest absolute Gasteiger partial charge is 0.00986 e. The lowest BCUT2D eigenvalue weighted by atomic mass is 9.72. The standard InChI is InChI=1S/C35H48/c1-25-20-28(26-12-16-30(17-13-26)34(8,9)23-32(2,3)4)22-29(21-25)27-14-18-31(19-15-27)35(10,11)24-33(5,6)7/h12-22H,23-24H2,1-11H3. The third-order valence-electron chi connectivity index (χ3n) is 7.02. The van der Waals surface area contributed by atoms with Gasteiger partial charge in [0.05, 0.1) is 0 Å². The molecular formula is C35H48.